The molecule has 0 aromatic carbocycles. The Balaban J connectivity index is 1.70. The molecule has 2 aromatic heterocycles. The molecule has 1 aliphatic heterocycles. The van der Waals surface area contributed by atoms with E-state index in [1.165, 1.54) is 11.3 Å². The fourth-order valence-electron chi connectivity index (χ4n) is 2.69. The zero-order valence-electron chi connectivity index (χ0n) is 12.5. The summed E-state index contributed by atoms with van der Waals surface area (Å²) >= 11 is 7.52. The summed E-state index contributed by atoms with van der Waals surface area (Å²) in [6.45, 7) is 5.39. The number of carbonyl (C=O) groups excluding carboxylic acids is 1. The number of halogens is 1. The lowest BCUT2D eigenvalue weighted by atomic mass is 9.81. The topological polar surface area (TPSA) is 59.0 Å². The number of hydrogen-bond acceptors (Lipinski definition) is 5. The number of aryl methyl sites for hydroxylation is 1. The average Bonchev–Trinajstić information content (AvgIpc) is 2.95. The highest BCUT2D eigenvalue weighted by Gasteiger charge is 2.36. The van der Waals surface area contributed by atoms with Crippen LogP contribution in [-0.4, -0.2) is 38.8 Å². The zero-order chi connectivity index (χ0) is 15.7. The number of amides is 1. The third kappa shape index (κ3) is 2.98. The number of thiazole rings is 1. The van der Waals surface area contributed by atoms with Crippen molar-refractivity contribution in [1.29, 1.82) is 0 Å². The van der Waals surface area contributed by atoms with E-state index in [1.807, 2.05) is 4.90 Å². The molecule has 1 aliphatic rings. The van der Waals surface area contributed by atoms with Gasteiger partial charge in [-0.05, 0) is 25.8 Å². The van der Waals surface area contributed by atoms with Crippen molar-refractivity contribution in [3.05, 3.63) is 39.3 Å². The Morgan fingerprint density at radius 3 is 2.68 bits per heavy atom. The van der Waals surface area contributed by atoms with Gasteiger partial charge >= 0.3 is 0 Å². The van der Waals surface area contributed by atoms with Crippen molar-refractivity contribution in [2.45, 2.75) is 32.1 Å². The molecule has 5 nitrogen and oxygen atoms in total. The van der Waals surface area contributed by atoms with Gasteiger partial charge in [-0.1, -0.05) is 18.5 Å². The maximum atomic E-state index is 12.5. The van der Waals surface area contributed by atoms with E-state index in [4.69, 9.17) is 11.6 Å². The highest BCUT2D eigenvalue weighted by atomic mass is 35.5. The van der Waals surface area contributed by atoms with Crippen LogP contribution in [0, 0.1) is 6.92 Å². The molecule has 0 bridgehead atoms. The summed E-state index contributed by atoms with van der Waals surface area (Å²) in [6, 6.07) is 1.67. The molecule has 0 unspecified atom stereocenters. The Kier molecular flexibility index (Phi) is 4.14. The molecule has 1 fully saturated rings. The van der Waals surface area contributed by atoms with Gasteiger partial charge in [-0.25, -0.2) is 15.0 Å². The fourth-order valence-corrected chi connectivity index (χ4v) is 3.80. The molecule has 0 aliphatic carbocycles. The van der Waals surface area contributed by atoms with E-state index in [-0.39, 0.29) is 11.3 Å². The monoisotopic (exact) mass is 336 g/mol. The molecule has 1 amide bonds. The summed E-state index contributed by atoms with van der Waals surface area (Å²) in [4.78, 5) is 27.0. The van der Waals surface area contributed by atoms with E-state index in [0.29, 0.717) is 28.9 Å². The number of rotatable bonds is 2. The smallest absolute Gasteiger partial charge is 0.272 e. The first-order valence-electron chi connectivity index (χ1n) is 7.19. The van der Waals surface area contributed by atoms with Gasteiger partial charge in [0, 0.05) is 24.7 Å². The minimum Gasteiger partial charge on any atom is -0.337 e. The Hall–Kier alpha value is -1.53. The van der Waals surface area contributed by atoms with Crippen LogP contribution in [0.5, 0.6) is 0 Å². The number of nitrogens with zero attached hydrogens (tertiary/aromatic N) is 4. The van der Waals surface area contributed by atoms with E-state index in [9.17, 15) is 4.79 Å². The molecule has 7 heteroatoms. The summed E-state index contributed by atoms with van der Waals surface area (Å²) < 4.78 is 0.714. The van der Waals surface area contributed by atoms with Gasteiger partial charge in [0.15, 0.2) is 0 Å². The highest BCUT2D eigenvalue weighted by molar-refractivity contribution is 7.15. The second-order valence-corrected chi connectivity index (χ2v) is 7.47. The molecule has 0 atom stereocenters. The van der Waals surface area contributed by atoms with Gasteiger partial charge in [0.25, 0.3) is 5.91 Å². The molecule has 0 saturated carbocycles. The minimum absolute atomic E-state index is 0.00379. The lowest BCUT2D eigenvalue weighted by molar-refractivity contribution is 0.0669. The van der Waals surface area contributed by atoms with Crippen molar-refractivity contribution < 1.29 is 4.79 Å². The maximum Gasteiger partial charge on any atom is 0.272 e. The van der Waals surface area contributed by atoms with E-state index < -0.39 is 0 Å². The Morgan fingerprint density at radius 2 is 2.09 bits per heavy atom. The number of likely N-dealkylation sites (tertiary alicyclic amines) is 1. The van der Waals surface area contributed by atoms with E-state index in [1.54, 1.807) is 25.4 Å². The second-order valence-electron chi connectivity index (χ2n) is 5.81. The molecule has 0 N–H and O–H groups in total. The Morgan fingerprint density at radius 1 is 1.36 bits per heavy atom. The Bertz CT molecular complexity index is 694. The minimum atomic E-state index is -0.0234. The average molecular weight is 337 g/mol. The van der Waals surface area contributed by atoms with Gasteiger partial charge in [0.05, 0.1) is 6.20 Å². The van der Waals surface area contributed by atoms with Crippen LogP contribution >= 0.6 is 22.9 Å². The third-order valence-electron chi connectivity index (χ3n) is 4.14. The molecule has 3 heterocycles. The quantitative estimate of drug-likeness (QED) is 0.845. The van der Waals surface area contributed by atoms with Crippen molar-refractivity contribution in [3.63, 3.8) is 0 Å². The lowest BCUT2D eigenvalue weighted by Gasteiger charge is -2.38. The van der Waals surface area contributed by atoms with Gasteiger partial charge in [-0.3, -0.25) is 4.79 Å². The van der Waals surface area contributed by atoms with Gasteiger partial charge in [0.1, 0.15) is 20.9 Å². The number of hydrogen-bond donors (Lipinski definition) is 0. The normalized spacial score (nSPS) is 17.5. The fraction of sp³-hybridized carbons (Fsp3) is 0.467. The molecular formula is C15H17ClN4OS. The molecule has 3 rings (SSSR count). The van der Waals surface area contributed by atoms with Gasteiger partial charge in [-0.15, -0.1) is 11.3 Å². The predicted octanol–water partition coefficient (Wildman–Crippen LogP) is 3.09. The summed E-state index contributed by atoms with van der Waals surface area (Å²) in [6.07, 6.45) is 5.09. The van der Waals surface area contributed by atoms with Crippen LogP contribution in [0.15, 0.2) is 18.5 Å². The van der Waals surface area contributed by atoms with Gasteiger partial charge < -0.3 is 4.90 Å². The van der Waals surface area contributed by atoms with E-state index >= 15 is 0 Å². The van der Waals surface area contributed by atoms with Crippen LogP contribution in [0.25, 0.3) is 0 Å². The molecule has 0 spiro atoms. The highest BCUT2D eigenvalue weighted by Crippen LogP contribution is 2.38. The van der Waals surface area contributed by atoms with Gasteiger partial charge in [-0.2, -0.15) is 0 Å². The molecule has 0 radical (unpaired) electrons. The zero-order valence-corrected chi connectivity index (χ0v) is 14.1. The SMILES string of the molecule is Cc1nccc(C(=O)N2CCC(C)(c3ncc(Cl)s3)CC2)n1. The van der Waals surface area contributed by atoms with Crippen molar-refractivity contribution >= 4 is 28.8 Å². The van der Waals surface area contributed by atoms with Crippen LogP contribution in [-0.2, 0) is 5.41 Å². The van der Waals surface area contributed by atoms with Crippen molar-refractivity contribution in [1.82, 2.24) is 19.9 Å². The van der Waals surface area contributed by atoms with E-state index in [0.717, 1.165) is 17.8 Å². The number of aromatic nitrogens is 3. The summed E-state index contributed by atoms with van der Waals surface area (Å²) in [5.41, 5.74) is 0.462. The maximum absolute atomic E-state index is 12.5. The molecule has 116 valence electrons. The van der Waals surface area contributed by atoms with Crippen molar-refractivity contribution in [2.24, 2.45) is 0 Å². The van der Waals surface area contributed by atoms with Crippen LogP contribution in [0.3, 0.4) is 0 Å². The predicted molar refractivity (Wildman–Crippen MR) is 86.4 cm³/mol. The number of carbonyl (C=O) groups is 1. The van der Waals surface area contributed by atoms with E-state index in [2.05, 4.69) is 21.9 Å². The first-order chi connectivity index (χ1) is 10.5. The number of piperidine rings is 1. The summed E-state index contributed by atoms with van der Waals surface area (Å²) in [5.74, 6) is 0.592. The molecule has 22 heavy (non-hydrogen) atoms. The first kappa shape index (κ1) is 15.4. The van der Waals surface area contributed by atoms with Crippen LogP contribution in [0.1, 0.15) is 41.1 Å². The van der Waals surface area contributed by atoms with Crippen LogP contribution in [0.2, 0.25) is 4.34 Å². The van der Waals surface area contributed by atoms with Crippen LogP contribution < -0.4 is 0 Å². The third-order valence-corrected chi connectivity index (χ3v) is 5.56. The van der Waals surface area contributed by atoms with Gasteiger partial charge in [0.2, 0.25) is 0 Å². The first-order valence-corrected chi connectivity index (χ1v) is 8.38. The Labute approximate surface area is 138 Å². The summed E-state index contributed by atoms with van der Waals surface area (Å²) in [5, 5.41) is 1.06. The largest absolute Gasteiger partial charge is 0.337 e. The molecule has 1 saturated heterocycles. The van der Waals surface area contributed by atoms with Crippen molar-refractivity contribution in [2.75, 3.05) is 13.1 Å². The van der Waals surface area contributed by atoms with Crippen molar-refractivity contribution in [3.8, 4) is 0 Å². The second kappa shape index (κ2) is 5.93. The summed E-state index contributed by atoms with van der Waals surface area (Å²) in [7, 11) is 0. The molecule has 2 aromatic rings. The lowest BCUT2D eigenvalue weighted by Crippen LogP contribution is -2.44. The van der Waals surface area contributed by atoms with Crippen LogP contribution in [0.4, 0.5) is 0 Å². The molecular weight excluding hydrogens is 320 g/mol. The standard InChI is InChI=1S/C15H17ClN4OS/c1-10-17-6-3-11(19-10)13(21)20-7-4-15(2,5-8-20)14-18-9-12(16)22-14/h3,6,9H,4-5,7-8H2,1-2H3.